The fourth-order valence-electron chi connectivity index (χ4n) is 1.22. The zero-order valence-electron chi connectivity index (χ0n) is 8.57. The quantitative estimate of drug-likeness (QED) is 0.692. The summed E-state index contributed by atoms with van der Waals surface area (Å²) in [5.74, 6) is 0. The molecule has 0 spiro atoms. The molecule has 0 saturated carbocycles. The topological polar surface area (TPSA) is 15.8 Å². The first-order chi connectivity index (χ1) is 5.47. The normalized spacial score (nSPS) is 12.0. The third-order valence-corrected chi connectivity index (χ3v) is 2.04. The predicted molar refractivity (Wildman–Crippen MR) is 53.3 cm³/mol. The molecule has 12 heavy (non-hydrogen) atoms. The maximum atomic E-state index is 3.35. The first kappa shape index (κ1) is 9.37. The molecule has 0 saturated heterocycles. The molecule has 1 rings (SSSR count). The first-order valence-electron chi connectivity index (χ1n) is 4.62. The summed E-state index contributed by atoms with van der Waals surface area (Å²) in [5.41, 5.74) is 3.07. The molecule has 0 aliphatic carbocycles. The van der Waals surface area contributed by atoms with Gasteiger partial charge in [0.25, 0.3) is 0 Å². The van der Waals surface area contributed by atoms with E-state index in [1.807, 2.05) is 0 Å². The van der Waals surface area contributed by atoms with Crippen LogP contribution in [0.5, 0.6) is 0 Å². The summed E-state index contributed by atoms with van der Waals surface area (Å²) in [6.45, 7) is 8.94. The van der Waals surface area contributed by atoms with Gasteiger partial charge >= 0.3 is 0 Å². The summed E-state index contributed by atoms with van der Waals surface area (Å²) >= 11 is 0. The number of rotatable bonds is 2. The molecule has 0 unspecified atom stereocenters. The third kappa shape index (κ3) is 3.12. The van der Waals surface area contributed by atoms with Gasteiger partial charge in [-0.1, -0.05) is 20.8 Å². The highest BCUT2D eigenvalue weighted by Crippen LogP contribution is 2.20. The molecule has 0 fully saturated rings. The minimum absolute atomic E-state index is 0.443. The van der Waals surface area contributed by atoms with Gasteiger partial charge in [-0.05, 0) is 37.3 Å². The molecule has 68 valence electrons. The van der Waals surface area contributed by atoms with Crippen molar-refractivity contribution in [1.29, 1.82) is 0 Å². The Kier molecular flexibility index (Phi) is 2.61. The van der Waals surface area contributed by atoms with E-state index < -0.39 is 0 Å². The zero-order chi connectivity index (χ0) is 9.19. The second-order valence-corrected chi connectivity index (χ2v) is 4.73. The van der Waals surface area contributed by atoms with Crippen molar-refractivity contribution in [2.75, 3.05) is 0 Å². The van der Waals surface area contributed by atoms with Gasteiger partial charge in [0.05, 0.1) is 0 Å². The Balaban J connectivity index is 2.44. The highest BCUT2D eigenvalue weighted by Gasteiger charge is 2.09. The molecular weight excluding hydrogens is 146 g/mol. The van der Waals surface area contributed by atoms with E-state index in [0.717, 1.165) is 6.42 Å². The molecule has 0 bridgehead atoms. The van der Waals surface area contributed by atoms with E-state index in [-0.39, 0.29) is 0 Å². The van der Waals surface area contributed by atoms with Gasteiger partial charge < -0.3 is 4.98 Å². The van der Waals surface area contributed by atoms with Crippen LogP contribution in [0.1, 0.15) is 38.6 Å². The minimum atomic E-state index is 0.443. The number of hydrogen-bond acceptors (Lipinski definition) is 0. The summed E-state index contributed by atoms with van der Waals surface area (Å²) < 4.78 is 0. The van der Waals surface area contributed by atoms with Crippen molar-refractivity contribution >= 4 is 0 Å². The first-order valence-corrected chi connectivity index (χ1v) is 4.62. The highest BCUT2D eigenvalue weighted by atomic mass is 14.7. The van der Waals surface area contributed by atoms with Gasteiger partial charge in [0.2, 0.25) is 0 Å². The van der Waals surface area contributed by atoms with Crippen LogP contribution in [-0.2, 0) is 6.42 Å². The predicted octanol–water partition coefficient (Wildman–Crippen LogP) is 3.30. The largest absolute Gasteiger partial charge is 0.363 e. The number of nitrogens with one attached hydrogen (secondary N) is 1. The summed E-state index contributed by atoms with van der Waals surface area (Å²) in [6.07, 6.45) is 2.41. The summed E-state index contributed by atoms with van der Waals surface area (Å²) in [4.78, 5) is 3.35. The lowest BCUT2D eigenvalue weighted by Crippen LogP contribution is -2.06. The molecule has 1 aromatic rings. The van der Waals surface area contributed by atoms with Crippen molar-refractivity contribution in [3.8, 4) is 0 Å². The number of hydrogen-bond donors (Lipinski definition) is 1. The Hall–Kier alpha value is -0.720. The van der Waals surface area contributed by atoms with Crippen LogP contribution in [0.3, 0.4) is 0 Å². The fourth-order valence-corrected chi connectivity index (χ4v) is 1.22. The lowest BCUT2D eigenvalue weighted by Gasteiger charge is -2.16. The highest BCUT2D eigenvalue weighted by molar-refractivity contribution is 5.11. The number of aryl methyl sites for hydroxylation is 2. The van der Waals surface area contributed by atoms with Crippen molar-refractivity contribution in [1.82, 2.24) is 4.98 Å². The number of H-pyrrole nitrogens is 1. The average molecular weight is 165 g/mol. The smallest absolute Gasteiger partial charge is 0.0149 e. The molecule has 0 aliphatic rings. The van der Waals surface area contributed by atoms with Crippen molar-refractivity contribution in [2.45, 2.75) is 40.5 Å². The van der Waals surface area contributed by atoms with E-state index in [9.17, 15) is 0 Å². The maximum absolute atomic E-state index is 3.35. The van der Waals surface area contributed by atoms with Crippen LogP contribution >= 0.6 is 0 Å². The molecule has 1 heteroatoms. The van der Waals surface area contributed by atoms with Crippen molar-refractivity contribution in [2.24, 2.45) is 5.41 Å². The van der Waals surface area contributed by atoms with Crippen LogP contribution in [0.2, 0.25) is 0 Å². The fraction of sp³-hybridized carbons (Fsp3) is 0.636. The van der Waals surface area contributed by atoms with E-state index >= 15 is 0 Å². The third-order valence-electron chi connectivity index (χ3n) is 2.04. The molecule has 1 heterocycles. The van der Waals surface area contributed by atoms with Crippen molar-refractivity contribution < 1.29 is 0 Å². The van der Waals surface area contributed by atoms with E-state index in [2.05, 4.69) is 44.8 Å². The van der Waals surface area contributed by atoms with Crippen LogP contribution in [0, 0.1) is 12.3 Å². The molecule has 0 aromatic carbocycles. The molecule has 0 amide bonds. The zero-order valence-corrected chi connectivity index (χ0v) is 8.57. The van der Waals surface area contributed by atoms with Crippen LogP contribution in [0.4, 0.5) is 0 Å². The van der Waals surface area contributed by atoms with E-state index in [1.54, 1.807) is 0 Å². The summed E-state index contributed by atoms with van der Waals surface area (Å²) in [6, 6.07) is 4.32. The van der Waals surface area contributed by atoms with Crippen molar-refractivity contribution in [3.63, 3.8) is 0 Å². The Bertz CT molecular complexity index is 240. The molecule has 0 radical (unpaired) electrons. The van der Waals surface area contributed by atoms with Gasteiger partial charge in [-0.15, -0.1) is 0 Å². The van der Waals surface area contributed by atoms with Gasteiger partial charge in [-0.25, -0.2) is 0 Å². The summed E-state index contributed by atoms with van der Waals surface area (Å²) in [5, 5.41) is 0. The van der Waals surface area contributed by atoms with E-state index in [4.69, 9.17) is 0 Å². The molecule has 1 N–H and O–H groups in total. The van der Waals surface area contributed by atoms with Gasteiger partial charge in [0, 0.05) is 11.4 Å². The van der Waals surface area contributed by atoms with Crippen LogP contribution in [-0.4, -0.2) is 4.98 Å². The van der Waals surface area contributed by atoms with Crippen LogP contribution < -0.4 is 0 Å². The second-order valence-electron chi connectivity index (χ2n) is 4.73. The number of aromatic nitrogens is 1. The standard InChI is InChI=1S/C11H19N/c1-9-5-6-10(12-9)7-8-11(2,3)4/h5-6,12H,7-8H2,1-4H3. The lowest BCUT2D eigenvalue weighted by atomic mass is 9.90. The Morgan fingerprint density at radius 1 is 1.25 bits per heavy atom. The van der Waals surface area contributed by atoms with Gasteiger partial charge in [-0.3, -0.25) is 0 Å². The van der Waals surface area contributed by atoms with Gasteiger partial charge in [0.15, 0.2) is 0 Å². The molecular formula is C11H19N. The second kappa shape index (κ2) is 3.34. The van der Waals surface area contributed by atoms with Gasteiger partial charge in [-0.2, -0.15) is 0 Å². The van der Waals surface area contributed by atoms with Crippen molar-refractivity contribution in [3.05, 3.63) is 23.5 Å². The molecule has 1 aromatic heterocycles. The maximum Gasteiger partial charge on any atom is 0.0149 e. The van der Waals surface area contributed by atoms with Crippen LogP contribution in [0.15, 0.2) is 12.1 Å². The SMILES string of the molecule is Cc1ccc(CCC(C)(C)C)[nH]1. The Morgan fingerprint density at radius 3 is 2.33 bits per heavy atom. The summed E-state index contributed by atoms with van der Waals surface area (Å²) in [7, 11) is 0. The molecule has 0 atom stereocenters. The van der Waals surface area contributed by atoms with Gasteiger partial charge in [0.1, 0.15) is 0 Å². The van der Waals surface area contributed by atoms with Crippen LogP contribution in [0.25, 0.3) is 0 Å². The Labute approximate surface area is 75.2 Å². The molecule has 0 aliphatic heterocycles. The minimum Gasteiger partial charge on any atom is -0.363 e. The average Bonchev–Trinajstić information content (AvgIpc) is 2.30. The van der Waals surface area contributed by atoms with E-state index in [0.29, 0.717) is 5.41 Å². The number of aromatic amines is 1. The lowest BCUT2D eigenvalue weighted by molar-refractivity contribution is 0.376. The monoisotopic (exact) mass is 165 g/mol. The molecule has 1 nitrogen and oxygen atoms in total. The van der Waals surface area contributed by atoms with E-state index in [1.165, 1.54) is 17.8 Å². The Morgan fingerprint density at radius 2 is 1.92 bits per heavy atom.